The lowest BCUT2D eigenvalue weighted by molar-refractivity contribution is -0.142. The molecule has 2 N–H and O–H groups in total. The number of halogens is 3. The summed E-state index contributed by atoms with van der Waals surface area (Å²) in [6, 6.07) is 3.85. The molecule has 4 heterocycles. The molecular weight excluding hydrogens is 613 g/mol. The topological polar surface area (TPSA) is 130 Å². The molecule has 0 aliphatic carbocycles. The third kappa shape index (κ3) is 7.71. The Labute approximate surface area is 262 Å². The molecule has 2 saturated heterocycles. The zero-order chi connectivity index (χ0) is 32.1. The number of carbonyl (C=O) groups excluding carboxylic acids is 1. The van der Waals surface area contributed by atoms with Crippen molar-refractivity contribution in [3.05, 3.63) is 46.7 Å². The van der Waals surface area contributed by atoms with Gasteiger partial charge in [0.2, 0.25) is 0 Å². The SMILES string of the molecule is CCOC[C@@H]1CCCN1Cc1sc(NC(=O)c2cnc(N3CCC(C(=O)O)CC3)cn2)nc1-c1ccc(C(F)(F)F)c(OC)c1. The second-order valence-corrected chi connectivity index (χ2v) is 12.0. The van der Waals surface area contributed by atoms with Crippen molar-refractivity contribution in [2.24, 2.45) is 5.92 Å². The minimum Gasteiger partial charge on any atom is -0.496 e. The van der Waals surface area contributed by atoms with Gasteiger partial charge < -0.3 is 19.5 Å². The average Bonchev–Trinajstić information content (AvgIpc) is 3.65. The summed E-state index contributed by atoms with van der Waals surface area (Å²) in [5.74, 6) is -1.48. The normalized spacial score (nSPS) is 17.9. The summed E-state index contributed by atoms with van der Waals surface area (Å²) in [5, 5.41) is 12.3. The number of carbonyl (C=O) groups is 2. The Morgan fingerprint density at radius 3 is 2.56 bits per heavy atom. The monoisotopic (exact) mass is 648 g/mol. The van der Waals surface area contributed by atoms with E-state index in [4.69, 9.17) is 9.47 Å². The smallest absolute Gasteiger partial charge is 0.419 e. The van der Waals surface area contributed by atoms with Crippen molar-refractivity contribution in [2.75, 3.05) is 50.2 Å². The highest BCUT2D eigenvalue weighted by Gasteiger charge is 2.35. The lowest BCUT2D eigenvalue weighted by atomic mass is 9.97. The second kappa shape index (κ2) is 14.1. The molecule has 1 aromatic carbocycles. The summed E-state index contributed by atoms with van der Waals surface area (Å²) in [6.45, 7) is 5.49. The van der Waals surface area contributed by atoms with Gasteiger partial charge in [0, 0.05) is 42.7 Å². The van der Waals surface area contributed by atoms with E-state index >= 15 is 0 Å². The summed E-state index contributed by atoms with van der Waals surface area (Å²) in [7, 11) is 1.19. The molecule has 11 nitrogen and oxygen atoms in total. The van der Waals surface area contributed by atoms with Gasteiger partial charge in [0.1, 0.15) is 17.3 Å². The van der Waals surface area contributed by atoms with Crippen molar-refractivity contribution in [3.8, 4) is 17.0 Å². The molecule has 2 aliphatic rings. The lowest BCUT2D eigenvalue weighted by Gasteiger charge is -2.30. The molecule has 5 rings (SSSR count). The van der Waals surface area contributed by atoms with Crippen LogP contribution >= 0.6 is 11.3 Å². The first kappa shape index (κ1) is 32.6. The van der Waals surface area contributed by atoms with E-state index in [0.29, 0.717) is 62.8 Å². The highest BCUT2D eigenvalue weighted by atomic mass is 32.1. The number of aliphatic carboxylic acids is 1. The molecule has 0 radical (unpaired) electrons. The van der Waals surface area contributed by atoms with E-state index in [2.05, 4.69) is 25.2 Å². The van der Waals surface area contributed by atoms with Crippen LogP contribution in [0, 0.1) is 5.92 Å². The fourth-order valence-electron chi connectivity index (χ4n) is 5.66. The van der Waals surface area contributed by atoms with E-state index in [1.54, 1.807) is 0 Å². The first-order valence-corrected chi connectivity index (χ1v) is 15.6. The number of methoxy groups -OCH3 is 1. The number of alkyl halides is 3. The van der Waals surface area contributed by atoms with E-state index in [-0.39, 0.29) is 28.5 Å². The number of anilines is 2. The number of piperidine rings is 1. The van der Waals surface area contributed by atoms with Crippen LogP contribution in [-0.2, 0) is 22.3 Å². The van der Waals surface area contributed by atoms with Crippen LogP contribution in [0.2, 0.25) is 0 Å². The summed E-state index contributed by atoms with van der Waals surface area (Å²) in [5.41, 5.74) is 0.0622. The van der Waals surface area contributed by atoms with Gasteiger partial charge in [0.05, 0.1) is 43.3 Å². The first-order chi connectivity index (χ1) is 21.6. The number of nitrogens with one attached hydrogen (secondary N) is 1. The fourth-order valence-corrected chi connectivity index (χ4v) is 6.66. The van der Waals surface area contributed by atoms with Gasteiger partial charge in [-0.25, -0.2) is 15.0 Å². The summed E-state index contributed by atoms with van der Waals surface area (Å²) < 4.78 is 51.4. The number of hydrogen-bond donors (Lipinski definition) is 2. The summed E-state index contributed by atoms with van der Waals surface area (Å²) >= 11 is 1.25. The molecule has 0 spiro atoms. The molecule has 1 atom stereocenters. The number of benzene rings is 1. The van der Waals surface area contributed by atoms with Crippen molar-refractivity contribution in [2.45, 2.75) is 51.4 Å². The van der Waals surface area contributed by atoms with Crippen LogP contribution in [-0.4, -0.2) is 82.8 Å². The van der Waals surface area contributed by atoms with Crippen molar-refractivity contribution in [1.29, 1.82) is 0 Å². The quantitative estimate of drug-likeness (QED) is 0.287. The standard InChI is InChI=1S/C30H35F3N6O5S/c1-3-44-17-20-5-4-10-39(20)16-24-26(19-6-7-21(30(31,32)33)23(13-19)43-2)36-29(45-24)37-27(40)22-14-35-25(15-34-22)38-11-8-18(9-12-38)28(41)42/h6-7,13-15,18,20H,3-5,8-12,16-17H2,1-2H3,(H,41,42)(H,36,37,40)/t20-/m0/s1. The number of carboxylic acids is 1. The van der Waals surface area contributed by atoms with E-state index in [0.717, 1.165) is 30.3 Å². The molecule has 3 aromatic rings. The Hall–Kier alpha value is -3.82. The van der Waals surface area contributed by atoms with Crippen LogP contribution in [0.15, 0.2) is 30.6 Å². The van der Waals surface area contributed by atoms with Gasteiger partial charge in [0.15, 0.2) is 5.13 Å². The molecule has 15 heteroatoms. The van der Waals surface area contributed by atoms with Crippen LogP contribution in [0.3, 0.4) is 0 Å². The van der Waals surface area contributed by atoms with Gasteiger partial charge in [-0.15, -0.1) is 0 Å². The zero-order valence-corrected chi connectivity index (χ0v) is 25.8. The minimum atomic E-state index is -4.58. The highest BCUT2D eigenvalue weighted by Crippen LogP contribution is 2.41. The molecule has 0 saturated carbocycles. The molecule has 2 aliphatic heterocycles. The van der Waals surface area contributed by atoms with Gasteiger partial charge in [-0.05, 0) is 51.3 Å². The predicted molar refractivity (Wildman–Crippen MR) is 162 cm³/mol. The van der Waals surface area contributed by atoms with Crippen LogP contribution in [0.25, 0.3) is 11.3 Å². The van der Waals surface area contributed by atoms with Crippen molar-refractivity contribution in [1.82, 2.24) is 19.9 Å². The number of ether oxygens (including phenoxy) is 2. The van der Waals surface area contributed by atoms with Crippen molar-refractivity contribution >= 4 is 34.2 Å². The van der Waals surface area contributed by atoms with Gasteiger partial charge in [-0.3, -0.25) is 19.8 Å². The minimum absolute atomic E-state index is 0.0602. The van der Waals surface area contributed by atoms with E-state index in [9.17, 15) is 27.9 Å². The van der Waals surface area contributed by atoms with Gasteiger partial charge in [-0.2, -0.15) is 13.2 Å². The Morgan fingerprint density at radius 1 is 1.13 bits per heavy atom. The Balaban J connectivity index is 1.37. The predicted octanol–water partition coefficient (Wildman–Crippen LogP) is 5.18. The van der Waals surface area contributed by atoms with Gasteiger partial charge in [0.25, 0.3) is 5.91 Å². The maximum Gasteiger partial charge on any atom is 0.419 e. The number of hydrogen-bond acceptors (Lipinski definition) is 10. The first-order valence-electron chi connectivity index (χ1n) is 14.8. The van der Waals surface area contributed by atoms with Crippen LogP contribution in [0.5, 0.6) is 5.75 Å². The average molecular weight is 649 g/mol. The Kier molecular flexibility index (Phi) is 10.2. The molecule has 1 amide bonds. The number of aromatic nitrogens is 3. The van der Waals surface area contributed by atoms with E-state index in [1.807, 2.05) is 11.8 Å². The maximum atomic E-state index is 13.6. The molecule has 242 valence electrons. The molecule has 0 bridgehead atoms. The number of rotatable bonds is 11. The maximum absolute atomic E-state index is 13.6. The molecule has 2 aromatic heterocycles. The number of carboxylic acid groups (broad SMARTS) is 1. The number of amides is 1. The van der Waals surface area contributed by atoms with Crippen LogP contribution < -0.4 is 15.0 Å². The number of likely N-dealkylation sites (tertiary alicyclic amines) is 1. The molecular formula is C30H35F3N6O5S. The third-order valence-corrected chi connectivity index (χ3v) is 9.05. The molecule has 45 heavy (non-hydrogen) atoms. The Bertz CT molecular complexity index is 1490. The lowest BCUT2D eigenvalue weighted by Crippen LogP contribution is -2.36. The van der Waals surface area contributed by atoms with Crippen molar-refractivity contribution in [3.63, 3.8) is 0 Å². The molecule has 2 fully saturated rings. The van der Waals surface area contributed by atoms with E-state index in [1.165, 1.54) is 43.0 Å². The van der Waals surface area contributed by atoms with Crippen LogP contribution in [0.4, 0.5) is 24.1 Å². The summed E-state index contributed by atoms with van der Waals surface area (Å²) in [4.78, 5) is 42.6. The number of nitrogens with zero attached hydrogens (tertiary/aromatic N) is 5. The second-order valence-electron chi connectivity index (χ2n) is 10.9. The fraction of sp³-hybridized carbons (Fsp3) is 0.500. The van der Waals surface area contributed by atoms with Crippen molar-refractivity contribution < 1.29 is 37.3 Å². The highest BCUT2D eigenvalue weighted by molar-refractivity contribution is 7.16. The number of thiazole rings is 1. The van der Waals surface area contributed by atoms with E-state index < -0.39 is 23.6 Å². The van der Waals surface area contributed by atoms with Crippen LogP contribution in [0.1, 0.15) is 53.5 Å². The third-order valence-electron chi connectivity index (χ3n) is 8.10. The zero-order valence-electron chi connectivity index (χ0n) is 25.0. The van der Waals surface area contributed by atoms with Gasteiger partial charge >= 0.3 is 12.1 Å². The van der Waals surface area contributed by atoms with Gasteiger partial charge in [-0.1, -0.05) is 17.4 Å². The largest absolute Gasteiger partial charge is 0.496 e. The molecule has 0 unspecified atom stereocenters. The Morgan fingerprint density at radius 2 is 1.91 bits per heavy atom. The summed E-state index contributed by atoms with van der Waals surface area (Å²) in [6.07, 6.45) is 1.22.